The number of halogens is 5. The van der Waals surface area contributed by atoms with Crippen LogP contribution in [-0.4, -0.2) is 59.3 Å². The smallest absolute Gasteiger partial charge is 0.131 e. The second-order valence-corrected chi connectivity index (χ2v) is 11.0. The number of alkyl halides is 3. The molecule has 37 heavy (non-hydrogen) atoms. The van der Waals surface area contributed by atoms with Crippen molar-refractivity contribution in [2.24, 2.45) is 5.92 Å². The molecule has 0 radical (unpaired) electrons. The number of H-pyrrole nitrogens is 1. The monoisotopic (exact) mass is 521 g/mol. The summed E-state index contributed by atoms with van der Waals surface area (Å²) in [6.45, 7) is 8.06. The number of rotatable bonds is 7. The van der Waals surface area contributed by atoms with Crippen molar-refractivity contribution in [2.45, 2.75) is 58.0 Å². The molecule has 3 heterocycles. The highest BCUT2D eigenvalue weighted by molar-refractivity contribution is 5.84. The van der Waals surface area contributed by atoms with Gasteiger partial charge in [0.1, 0.15) is 23.5 Å². The third kappa shape index (κ3) is 6.90. The Morgan fingerprint density at radius 3 is 2.41 bits per heavy atom. The van der Waals surface area contributed by atoms with Gasteiger partial charge in [-0.25, -0.2) is 17.6 Å². The van der Waals surface area contributed by atoms with Crippen LogP contribution in [0, 0.1) is 17.6 Å². The van der Waals surface area contributed by atoms with Crippen LogP contribution in [0.1, 0.15) is 50.2 Å². The van der Waals surface area contributed by atoms with Gasteiger partial charge in [0.15, 0.2) is 0 Å². The molecule has 0 amide bonds. The Balaban J connectivity index is 0.000000173. The molecule has 1 saturated heterocycles. The third-order valence-electron chi connectivity index (χ3n) is 7.18. The quantitative estimate of drug-likeness (QED) is 0.341. The minimum Gasteiger partial charge on any atom is -0.357 e. The van der Waals surface area contributed by atoms with Crippen LogP contribution >= 0.6 is 0 Å². The number of likely N-dealkylation sites (tertiary alicyclic amines) is 1. The highest BCUT2D eigenvalue weighted by Crippen LogP contribution is 2.34. The van der Waals surface area contributed by atoms with E-state index in [-0.39, 0.29) is 18.2 Å². The van der Waals surface area contributed by atoms with Crippen molar-refractivity contribution in [1.82, 2.24) is 14.8 Å². The molecule has 3 nitrogen and oxygen atoms in total. The van der Waals surface area contributed by atoms with Crippen LogP contribution < -0.4 is 0 Å². The summed E-state index contributed by atoms with van der Waals surface area (Å²) in [4.78, 5) is 7.66. The van der Waals surface area contributed by atoms with Crippen LogP contribution in [0.2, 0.25) is 0 Å². The van der Waals surface area contributed by atoms with Crippen LogP contribution in [0.15, 0.2) is 42.5 Å². The van der Waals surface area contributed by atoms with E-state index in [1.54, 1.807) is 13.8 Å². The molecule has 2 aromatic carbocycles. The molecule has 202 valence electrons. The fraction of sp³-hybridized carbons (Fsp3) is 0.517. The zero-order valence-corrected chi connectivity index (χ0v) is 21.7. The topological polar surface area (TPSA) is 22.3 Å². The Kier molecular flexibility index (Phi) is 8.59. The Labute approximate surface area is 215 Å². The summed E-state index contributed by atoms with van der Waals surface area (Å²) < 4.78 is 65.7. The molecular weight excluding hydrogens is 485 g/mol. The van der Waals surface area contributed by atoms with Crippen molar-refractivity contribution >= 4 is 10.9 Å². The molecule has 2 aliphatic heterocycles. The summed E-state index contributed by atoms with van der Waals surface area (Å²) in [7, 11) is 0. The van der Waals surface area contributed by atoms with E-state index in [9.17, 15) is 22.0 Å². The Morgan fingerprint density at radius 1 is 1.08 bits per heavy atom. The van der Waals surface area contributed by atoms with Gasteiger partial charge in [0.25, 0.3) is 0 Å². The summed E-state index contributed by atoms with van der Waals surface area (Å²) in [5.74, 6) is -1.78. The predicted octanol–water partition coefficient (Wildman–Crippen LogP) is 6.93. The van der Waals surface area contributed by atoms with Crippen LogP contribution in [-0.2, 0) is 13.0 Å². The molecule has 8 heteroatoms. The van der Waals surface area contributed by atoms with Gasteiger partial charge in [0.05, 0.1) is 6.67 Å². The number of hydrogen-bond donors (Lipinski definition) is 1. The van der Waals surface area contributed by atoms with E-state index in [4.69, 9.17) is 0 Å². The summed E-state index contributed by atoms with van der Waals surface area (Å²) in [5, 5.41) is 1.32. The van der Waals surface area contributed by atoms with Crippen molar-refractivity contribution in [2.75, 3.05) is 32.9 Å². The molecule has 0 spiro atoms. The molecule has 2 aliphatic rings. The van der Waals surface area contributed by atoms with Crippen molar-refractivity contribution in [3.05, 3.63) is 70.9 Å². The molecule has 1 aromatic heterocycles. The summed E-state index contributed by atoms with van der Waals surface area (Å²) in [6.07, 6.45) is 0.0741. The van der Waals surface area contributed by atoms with Gasteiger partial charge in [-0.05, 0) is 62.9 Å². The fourth-order valence-corrected chi connectivity index (χ4v) is 5.37. The normalized spacial score (nSPS) is 19.7. The lowest BCUT2D eigenvalue weighted by Gasteiger charge is -2.40. The van der Waals surface area contributed by atoms with Crippen LogP contribution in [0.3, 0.4) is 0 Å². The molecule has 1 N–H and O–H groups in total. The minimum atomic E-state index is -1.36. The van der Waals surface area contributed by atoms with Gasteiger partial charge in [-0.1, -0.05) is 18.2 Å². The first kappa shape index (κ1) is 27.6. The van der Waals surface area contributed by atoms with Crippen molar-refractivity contribution < 1.29 is 22.0 Å². The van der Waals surface area contributed by atoms with Crippen LogP contribution in [0.25, 0.3) is 10.9 Å². The number of aromatic amines is 1. The predicted molar refractivity (Wildman–Crippen MR) is 138 cm³/mol. The van der Waals surface area contributed by atoms with Gasteiger partial charge in [0.2, 0.25) is 0 Å². The standard InChI is InChI=1S/C16H21FN2.C13H15F4N/c1-11-8-13-12-6-4-5-7-14(12)18-15(13)9-19(11)10-16(2,3)17;14-2-1-3-18-7-10(8-18)13(17)9-4-11(15)6-12(16)5-9/h4-7,11,18H,8-10H2,1-3H3;4-6,10,13H,1-3,7-8H2/t11-;13-/m10/s1. The van der Waals surface area contributed by atoms with E-state index in [0.29, 0.717) is 38.6 Å². The molecule has 0 aliphatic carbocycles. The number of fused-ring (bicyclic) bond motifs is 3. The molecule has 5 rings (SSSR count). The first-order valence-electron chi connectivity index (χ1n) is 12.9. The van der Waals surface area contributed by atoms with Crippen molar-refractivity contribution in [3.8, 4) is 0 Å². The van der Waals surface area contributed by atoms with Gasteiger partial charge >= 0.3 is 0 Å². The maximum Gasteiger partial charge on any atom is 0.131 e. The third-order valence-corrected chi connectivity index (χ3v) is 7.18. The maximum absolute atomic E-state index is 14.0. The fourth-order valence-electron chi connectivity index (χ4n) is 5.37. The first-order valence-corrected chi connectivity index (χ1v) is 12.9. The lowest BCUT2D eigenvalue weighted by Crippen LogP contribution is -2.48. The van der Waals surface area contributed by atoms with Gasteiger partial charge in [-0.2, -0.15) is 0 Å². The van der Waals surface area contributed by atoms with E-state index >= 15 is 0 Å². The average Bonchev–Trinajstić information content (AvgIpc) is 3.14. The second kappa shape index (κ2) is 11.5. The zero-order valence-electron chi connectivity index (χ0n) is 21.7. The summed E-state index contributed by atoms with van der Waals surface area (Å²) >= 11 is 0. The molecular formula is C29H36F5N3. The van der Waals surface area contributed by atoms with Gasteiger partial charge in [-0.15, -0.1) is 0 Å². The maximum atomic E-state index is 14.0. The van der Waals surface area contributed by atoms with Crippen LogP contribution in [0.5, 0.6) is 0 Å². The Hall–Kier alpha value is -2.45. The number of benzene rings is 2. The summed E-state index contributed by atoms with van der Waals surface area (Å²) in [6, 6.07) is 11.6. The van der Waals surface area contributed by atoms with E-state index < -0.39 is 23.5 Å². The molecule has 3 aromatic rings. The van der Waals surface area contributed by atoms with E-state index in [1.165, 1.54) is 22.2 Å². The zero-order chi connectivity index (χ0) is 26.7. The Bertz CT molecular complexity index is 1160. The first-order chi connectivity index (χ1) is 17.5. The second-order valence-electron chi connectivity index (χ2n) is 11.0. The molecule has 2 atom stereocenters. The lowest BCUT2D eigenvalue weighted by atomic mass is 9.90. The van der Waals surface area contributed by atoms with Crippen LogP contribution in [0.4, 0.5) is 22.0 Å². The molecule has 0 unspecified atom stereocenters. The minimum absolute atomic E-state index is 0.0441. The summed E-state index contributed by atoms with van der Waals surface area (Å²) in [5.41, 5.74) is 2.76. The highest BCUT2D eigenvalue weighted by atomic mass is 19.2. The molecule has 0 bridgehead atoms. The van der Waals surface area contributed by atoms with Gasteiger partial charge < -0.3 is 9.88 Å². The van der Waals surface area contributed by atoms with E-state index in [1.807, 2.05) is 4.90 Å². The molecule has 0 saturated carbocycles. The Morgan fingerprint density at radius 2 is 1.76 bits per heavy atom. The number of nitrogens with one attached hydrogen (secondary N) is 1. The van der Waals surface area contributed by atoms with Crippen molar-refractivity contribution in [3.63, 3.8) is 0 Å². The SMILES string of the molecule is C[C@@H]1Cc2c([nH]c3ccccc23)CN1CC(C)(C)F.FCCCN1CC([C@@H](F)c2cc(F)cc(F)c2)C1. The highest BCUT2D eigenvalue weighted by Gasteiger charge is 2.34. The molecule has 1 fully saturated rings. The number of nitrogens with zero attached hydrogens (tertiary/aromatic N) is 2. The van der Waals surface area contributed by atoms with Gasteiger partial charge in [-0.3, -0.25) is 9.29 Å². The number of aromatic nitrogens is 1. The van der Waals surface area contributed by atoms with E-state index in [0.717, 1.165) is 31.2 Å². The number of hydrogen-bond acceptors (Lipinski definition) is 2. The van der Waals surface area contributed by atoms with Crippen molar-refractivity contribution in [1.29, 1.82) is 0 Å². The lowest BCUT2D eigenvalue weighted by molar-refractivity contribution is 0.0361. The van der Waals surface area contributed by atoms with Gasteiger partial charge in [0, 0.05) is 67.3 Å². The average molecular weight is 522 g/mol. The van der Waals surface area contributed by atoms with E-state index in [2.05, 4.69) is 41.1 Å². The largest absolute Gasteiger partial charge is 0.357 e. The number of para-hydroxylation sites is 1.